The van der Waals surface area contributed by atoms with Crippen molar-refractivity contribution in [3.8, 4) is 28.3 Å². The Morgan fingerprint density at radius 3 is 2.24 bits per heavy atom. The average molecular weight is 578 g/mol. The molecular formula is C41H27N3O. The van der Waals surface area contributed by atoms with E-state index in [-0.39, 0.29) is 5.41 Å². The van der Waals surface area contributed by atoms with Gasteiger partial charge in [-0.15, -0.1) is 0 Å². The molecule has 0 saturated carbocycles. The van der Waals surface area contributed by atoms with Gasteiger partial charge in [0, 0.05) is 32.7 Å². The molecule has 45 heavy (non-hydrogen) atoms. The second-order valence-electron chi connectivity index (χ2n) is 12.6. The Kier molecular flexibility index (Phi) is 4.76. The fraction of sp³-hybridized carbons (Fsp3) is 0.0732. The van der Waals surface area contributed by atoms with Crippen molar-refractivity contribution in [2.75, 3.05) is 0 Å². The standard InChI is InChI=1S/C41H27N3O/c1-41(2)31-18-10-17-30-37(31)44(38-29-15-6-8-20-35(29)45-39(30)38)34-22-21-25(23-32(34)41)40-42-33-19-7-5-14-28(33)36(43-40)27-16-9-12-24-11-3-4-13-26(24)27/h3-23H,1-2H3. The molecule has 0 atom stereocenters. The second-order valence-corrected chi connectivity index (χ2v) is 12.6. The third kappa shape index (κ3) is 3.26. The summed E-state index contributed by atoms with van der Waals surface area (Å²) in [5.74, 6) is 0.727. The van der Waals surface area contributed by atoms with E-state index in [1.165, 1.54) is 33.1 Å². The maximum atomic E-state index is 6.49. The van der Waals surface area contributed by atoms with E-state index in [4.69, 9.17) is 14.4 Å². The van der Waals surface area contributed by atoms with Crippen molar-refractivity contribution in [1.29, 1.82) is 0 Å². The van der Waals surface area contributed by atoms with Crippen LogP contribution in [-0.4, -0.2) is 14.5 Å². The summed E-state index contributed by atoms with van der Waals surface area (Å²) < 4.78 is 8.91. The first-order chi connectivity index (χ1) is 22.1. The molecular weight excluding hydrogens is 550 g/mol. The molecule has 0 unspecified atom stereocenters. The molecule has 0 amide bonds. The van der Waals surface area contributed by atoms with E-state index in [9.17, 15) is 0 Å². The summed E-state index contributed by atoms with van der Waals surface area (Å²) in [6.45, 7) is 4.65. The highest BCUT2D eigenvalue weighted by molar-refractivity contribution is 6.18. The van der Waals surface area contributed by atoms with Gasteiger partial charge in [0.15, 0.2) is 11.4 Å². The van der Waals surface area contributed by atoms with Gasteiger partial charge in [-0.25, -0.2) is 9.97 Å². The summed E-state index contributed by atoms with van der Waals surface area (Å²) in [5.41, 5.74) is 11.7. The van der Waals surface area contributed by atoms with E-state index in [2.05, 4.69) is 140 Å². The molecule has 4 heterocycles. The molecule has 10 rings (SSSR count). The molecule has 0 saturated heterocycles. The van der Waals surface area contributed by atoms with Crippen molar-refractivity contribution >= 4 is 54.6 Å². The van der Waals surface area contributed by atoms with E-state index in [1.807, 2.05) is 6.07 Å². The van der Waals surface area contributed by atoms with Crippen LogP contribution < -0.4 is 0 Å². The van der Waals surface area contributed by atoms with E-state index in [0.29, 0.717) is 0 Å². The maximum absolute atomic E-state index is 6.49. The van der Waals surface area contributed by atoms with Crippen LogP contribution in [0.4, 0.5) is 0 Å². The Morgan fingerprint density at radius 1 is 0.600 bits per heavy atom. The van der Waals surface area contributed by atoms with Gasteiger partial charge in [-0.1, -0.05) is 98.8 Å². The maximum Gasteiger partial charge on any atom is 0.161 e. The molecule has 0 fully saturated rings. The van der Waals surface area contributed by atoms with Gasteiger partial charge in [0.05, 0.1) is 22.4 Å². The Hall–Kier alpha value is -5.74. The highest BCUT2D eigenvalue weighted by Gasteiger charge is 2.36. The monoisotopic (exact) mass is 577 g/mol. The minimum atomic E-state index is -0.248. The van der Waals surface area contributed by atoms with Crippen LogP contribution in [-0.2, 0) is 5.41 Å². The van der Waals surface area contributed by atoms with E-state index >= 15 is 0 Å². The minimum Gasteiger partial charge on any atom is -0.454 e. The van der Waals surface area contributed by atoms with Crippen LogP contribution in [0.25, 0.3) is 83.0 Å². The SMILES string of the molecule is CC1(C)c2cc(-c3nc(-c4cccc5ccccc45)c4ccccc4n3)ccc2-n2c3c1cccc3c1oc3ccccc3c12. The van der Waals surface area contributed by atoms with Gasteiger partial charge in [0.25, 0.3) is 0 Å². The number of benzene rings is 6. The predicted octanol–water partition coefficient (Wildman–Crippen LogP) is 10.6. The van der Waals surface area contributed by atoms with Crippen molar-refractivity contribution in [3.63, 3.8) is 0 Å². The van der Waals surface area contributed by atoms with E-state index < -0.39 is 0 Å². The number of hydrogen-bond acceptors (Lipinski definition) is 3. The van der Waals surface area contributed by atoms with Gasteiger partial charge >= 0.3 is 0 Å². The Bertz CT molecular complexity index is 2690. The molecule has 3 aromatic heterocycles. The third-order valence-corrected chi connectivity index (χ3v) is 9.79. The molecule has 9 aromatic rings. The smallest absolute Gasteiger partial charge is 0.161 e. The van der Waals surface area contributed by atoms with Crippen molar-refractivity contribution in [3.05, 3.63) is 139 Å². The number of hydrogen-bond donors (Lipinski definition) is 0. The number of nitrogens with zero attached hydrogens (tertiary/aromatic N) is 3. The largest absolute Gasteiger partial charge is 0.454 e. The quantitative estimate of drug-likeness (QED) is 0.205. The molecule has 1 aliphatic heterocycles. The van der Waals surface area contributed by atoms with Gasteiger partial charge in [-0.05, 0) is 64.4 Å². The highest BCUT2D eigenvalue weighted by Crippen LogP contribution is 2.50. The number of furan rings is 1. The Balaban J connectivity index is 1.25. The van der Waals surface area contributed by atoms with Crippen molar-refractivity contribution in [2.24, 2.45) is 0 Å². The number of fused-ring (bicyclic) bond motifs is 9. The van der Waals surface area contributed by atoms with Crippen LogP contribution in [0.2, 0.25) is 0 Å². The molecule has 6 aromatic carbocycles. The number of rotatable bonds is 2. The van der Waals surface area contributed by atoms with Crippen LogP contribution in [0.1, 0.15) is 25.0 Å². The molecule has 4 nitrogen and oxygen atoms in total. The zero-order valence-corrected chi connectivity index (χ0v) is 24.9. The lowest BCUT2D eigenvalue weighted by Gasteiger charge is -2.35. The predicted molar refractivity (Wildman–Crippen MR) is 184 cm³/mol. The first-order valence-electron chi connectivity index (χ1n) is 15.4. The fourth-order valence-electron chi connectivity index (χ4n) is 7.62. The number of para-hydroxylation sites is 3. The summed E-state index contributed by atoms with van der Waals surface area (Å²) in [6.07, 6.45) is 0. The molecule has 212 valence electrons. The van der Waals surface area contributed by atoms with Gasteiger partial charge < -0.3 is 8.98 Å². The van der Waals surface area contributed by atoms with Gasteiger partial charge in [-0.3, -0.25) is 0 Å². The van der Waals surface area contributed by atoms with Crippen molar-refractivity contribution < 1.29 is 4.42 Å². The summed E-state index contributed by atoms with van der Waals surface area (Å²) in [6, 6.07) is 45.0. The van der Waals surface area contributed by atoms with Crippen LogP contribution in [0.3, 0.4) is 0 Å². The van der Waals surface area contributed by atoms with E-state index in [1.54, 1.807) is 0 Å². The molecule has 0 N–H and O–H groups in total. The molecule has 1 aliphatic rings. The fourth-order valence-corrected chi connectivity index (χ4v) is 7.62. The second kappa shape index (κ2) is 8.67. The summed E-state index contributed by atoms with van der Waals surface area (Å²) in [4.78, 5) is 10.4. The normalized spacial score (nSPS) is 13.7. The lowest BCUT2D eigenvalue weighted by Crippen LogP contribution is -2.26. The number of aromatic nitrogens is 3. The van der Waals surface area contributed by atoms with Gasteiger partial charge in [-0.2, -0.15) is 0 Å². The summed E-state index contributed by atoms with van der Waals surface area (Å²) in [5, 5.41) is 5.71. The van der Waals surface area contributed by atoms with Gasteiger partial charge in [0.1, 0.15) is 11.1 Å². The lowest BCUT2D eigenvalue weighted by atomic mass is 9.74. The zero-order valence-electron chi connectivity index (χ0n) is 24.9. The highest BCUT2D eigenvalue weighted by atomic mass is 16.3. The topological polar surface area (TPSA) is 43.9 Å². The lowest BCUT2D eigenvalue weighted by molar-refractivity contribution is 0.630. The summed E-state index contributed by atoms with van der Waals surface area (Å²) in [7, 11) is 0. The first-order valence-corrected chi connectivity index (χ1v) is 15.4. The Morgan fingerprint density at radius 2 is 1.33 bits per heavy atom. The molecule has 4 heteroatoms. The van der Waals surface area contributed by atoms with Crippen molar-refractivity contribution in [2.45, 2.75) is 19.3 Å². The van der Waals surface area contributed by atoms with E-state index in [0.717, 1.165) is 61.0 Å². The molecule has 0 bridgehead atoms. The molecule has 0 aliphatic carbocycles. The Labute approximate surface area is 259 Å². The van der Waals surface area contributed by atoms with Crippen molar-refractivity contribution in [1.82, 2.24) is 14.5 Å². The molecule has 0 radical (unpaired) electrons. The molecule has 0 spiro atoms. The average Bonchev–Trinajstić information content (AvgIpc) is 3.62. The van der Waals surface area contributed by atoms with Crippen LogP contribution in [0.5, 0.6) is 0 Å². The zero-order chi connectivity index (χ0) is 29.9. The van der Waals surface area contributed by atoms with Gasteiger partial charge in [0.2, 0.25) is 0 Å². The van der Waals surface area contributed by atoms with Crippen LogP contribution in [0.15, 0.2) is 132 Å². The van der Waals surface area contributed by atoms with Crippen LogP contribution in [0, 0.1) is 0 Å². The van der Waals surface area contributed by atoms with Crippen LogP contribution >= 0.6 is 0 Å². The third-order valence-electron chi connectivity index (χ3n) is 9.79. The first kappa shape index (κ1) is 24.7. The minimum absolute atomic E-state index is 0.248. The summed E-state index contributed by atoms with van der Waals surface area (Å²) >= 11 is 0.